The molecule has 0 fully saturated rings. The molecule has 1 unspecified atom stereocenters. The first kappa shape index (κ1) is 23.3. The van der Waals surface area contributed by atoms with Crippen molar-refractivity contribution in [1.82, 2.24) is 10.6 Å². The van der Waals surface area contributed by atoms with Gasteiger partial charge in [0.05, 0.1) is 12.5 Å². The molecule has 8 nitrogen and oxygen atoms in total. The van der Waals surface area contributed by atoms with E-state index >= 15 is 0 Å². The van der Waals surface area contributed by atoms with Gasteiger partial charge in [0.1, 0.15) is 12.6 Å². The normalized spacial score (nSPS) is 15.1. The number of ether oxygens (including phenoxy) is 2. The highest BCUT2D eigenvalue weighted by molar-refractivity contribution is 5.87. The van der Waals surface area contributed by atoms with Crippen molar-refractivity contribution < 1.29 is 29.0 Å². The standard InChI is InChI=1S/C24H28N2O6/c1-14(12-21(27)28)25-23(29)22(15(2)31-3)26-24(30)32-13-20-18-10-6-4-8-16(18)17-9-5-7-11-19(17)20/h4-11,14-15,20,22H,12-13H2,1-3H3,(H,25,29)(H,26,30)(H,27,28)/t14?,15-,22+/m1/s1. The smallest absolute Gasteiger partial charge is 0.407 e. The summed E-state index contributed by atoms with van der Waals surface area (Å²) < 4.78 is 10.7. The van der Waals surface area contributed by atoms with Crippen LogP contribution in [0.4, 0.5) is 4.79 Å². The summed E-state index contributed by atoms with van der Waals surface area (Å²) in [6, 6.07) is 14.4. The first-order valence-electron chi connectivity index (χ1n) is 10.5. The molecule has 0 aromatic heterocycles. The van der Waals surface area contributed by atoms with Crippen LogP contribution in [0.1, 0.15) is 37.3 Å². The number of methoxy groups -OCH3 is 1. The third-order valence-corrected chi connectivity index (χ3v) is 5.61. The Hall–Kier alpha value is -3.39. The van der Waals surface area contributed by atoms with Crippen LogP contribution in [0.25, 0.3) is 11.1 Å². The van der Waals surface area contributed by atoms with Crippen molar-refractivity contribution in [2.24, 2.45) is 0 Å². The summed E-state index contributed by atoms with van der Waals surface area (Å²) in [4.78, 5) is 36.0. The summed E-state index contributed by atoms with van der Waals surface area (Å²) in [6.07, 6.45) is -1.63. The highest BCUT2D eigenvalue weighted by atomic mass is 16.5. The number of benzene rings is 2. The number of rotatable bonds is 9. The van der Waals surface area contributed by atoms with Crippen molar-refractivity contribution in [3.63, 3.8) is 0 Å². The molecular formula is C24H28N2O6. The van der Waals surface area contributed by atoms with Gasteiger partial charge in [-0.1, -0.05) is 48.5 Å². The molecular weight excluding hydrogens is 412 g/mol. The number of amides is 2. The van der Waals surface area contributed by atoms with E-state index in [1.807, 2.05) is 48.5 Å². The molecule has 0 radical (unpaired) electrons. The first-order chi connectivity index (χ1) is 15.3. The van der Waals surface area contributed by atoms with Crippen molar-refractivity contribution in [3.8, 4) is 11.1 Å². The quantitative estimate of drug-likeness (QED) is 0.553. The third-order valence-electron chi connectivity index (χ3n) is 5.61. The number of nitrogens with one attached hydrogen (secondary N) is 2. The number of alkyl carbamates (subject to hydrolysis) is 1. The number of fused-ring (bicyclic) bond motifs is 3. The maximum absolute atomic E-state index is 12.6. The fourth-order valence-electron chi connectivity index (χ4n) is 3.94. The first-order valence-corrected chi connectivity index (χ1v) is 10.5. The average Bonchev–Trinajstić information content (AvgIpc) is 3.08. The summed E-state index contributed by atoms with van der Waals surface area (Å²) >= 11 is 0. The second-order valence-corrected chi connectivity index (χ2v) is 7.90. The second-order valence-electron chi connectivity index (χ2n) is 7.90. The zero-order valence-corrected chi connectivity index (χ0v) is 18.3. The van der Waals surface area contributed by atoms with E-state index in [1.165, 1.54) is 7.11 Å². The van der Waals surface area contributed by atoms with E-state index in [0.717, 1.165) is 22.3 Å². The molecule has 1 aliphatic carbocycles. The number of carbonyl (C=O) groups is 3. The summed E-state index contributed by atoms with van der Waals surface area (Å²) in [5.74, 6) is -1.67. The largest absolute Gasteiger partial charge is 0.481 e. The monoisotopic (exact) mass is 440 g/mol. The van der Waals surface area contributed by atoms with Crippen LogP contribution < -0.4 is 10.6 Å². The minimum Gasteiger partial charge on any atom is -0.481 e. The van der Waals surface area contributed by atoms with Gasteiger partial charge in [-0.3, -0.25) is 9.59 Å². The van der Waals surface area contributed by atoms with E-state index in [4.69, 9.17) is 14.6 Å². The maximum atomic E-state index is 12.6. The molecule has 170 valence electrons. The van der Waals surface area contributed by atoms with Crippen LogP contribution in [0.15, 0.2) is 48.5 Å². The molecule has 2 amide bonds. The van der Waals surface area contributed by atoms with Gasteiger partial charge in [0.15, 0.2) is 0 Å². The van der Waals surface area contributed by atoms with Crippen LogP contribution in [0, 0.1) is 0 Å². The van der Waals surface area contributed by atoms with Crippen LogP contribution in [0.3, 0.4) is 0 Å². The van der Waals surface area contributed by atoms with Crippen LogP contribution >= 0.6 is 0 Å². The van der Waals surface area contributed by atoms with Crippen LogP contribution in [0.2, 0.25) is 0 Å². The lowest BCUT2D eigenvalue weighted by Crippen LogP contribution is -2.54. The van der Waals surface area contributed by atoms with Crippen molar-refractivity contribution in [3.05, 3.63) is 59.7 Å². The molecule has 2 aromatic rings. The Morgan fingerprint density at radius 1 is 0.969 bits per heavy atom. The van der Waals surface area contributed by atoms with Crippen LogP contribution in [-0.2, 0) is 19.1 Å². The van der Waals surface area contributed by atoms with Gasteiger partial charge >= 0.3 is 12.1 Å². The van der Waals surface area contributed by atoms with E-state index in [0.29, 0.717) is 0 Å². The Labute approximate surface area is 186 Å². The Morgan fingerprint density at radius 3 is 2.06 bits per heavy atom. The molecule has 0 saturated carbocycles. The van der Waals surface area contributed by atoms with E-state index in [2.05, 4.69) is 10.6 Å². The molecule has 2 aromatic carbocycles. The minimum absolute atomic E-state index is 0.101. The Bertz CT molecular complexity index is 946. The number of hydrogen-bond donors (Lipinski definition) is 3. The molecule has 3 rings (SSSR count). The summed E-state index contributed by atoms with van der Waals surface area (Å²) in [6.45, 7) is 3.33. The molecule has 1 aliphatic rings. The maximum Gasteiger partial charge on any atom is 0.407 e. The predicted octanol–water partition coefficient (Wildman–Crippen LogP) is 2.91. The Kier molecular flexibility index (Phi) is 7.48. The van der Waals surface area contributed by atoms with Crippen LogP contribution in [0.5, 0.6) is 0 Å². The minimum atomic E-state index is -1.04. The molecule has 0 heterocycles. The van der Waals surface area contributed by atoms with Gasteiger partial charge in [-0.25, -0.2) is 4.79 Å². The predicted molar refractivity (Wildman–Crippen MR) is 118 cm³/mol. The molecule has 32 heavy (non-hydrogen) atoms. The lowest BCUT2D eigenvalue weighted by Gasteiger charge is -2.25. The van der Waals surface area contributed by atoms with E-state index < -0.39 is 36.2 Å². The molecule has 3 N–H and O–H groups in total. The van der Waals surface area contributed by atoms with E-state index in [9.17, 15) is 14.4 Å². The van der Waals surface area contributed by atoms with E-state index in [-0.39, 0.29) is 18.9 Å². The zero-order valence-electron chi connectivity index (χ0n) is 18.3. The van der Waals surface area contributed by atoms with Crippen molar-refractivity contribution in [1.29, 1.82) is 0 Å². The van der Waals surface area contributed by atoms with Gasteiger partial charge in [-0.05, 0) is 36.1 Å². The Morgan fingerprint density at radius 2 is 1.53 bits per heavy atom. The fourth-order valence-corrected chi connectivity index (χ4v) is 3.94. The lowest BCUT2D eigenvalue weighted by molar-refractivity contribution is -0.137. The van der Waals surface area contributed by atoms with Crippen molar-refractivity contribution in [2.45, 2.75) is 44.4 Å². The molecule has 0 saturated heterocycles. The van der Waals surface area contributed by atoms with Crippen LogP contribution in [-0.4, -0.2) is 55.0 Å². The highest BCUT2D eigenvalue weighted by Crippen LogP contribution is 2.44. The fraction of sp³-hybridized carbons (Fsp3) is 0.375. The number of carboxylic acids is 1. The van der Waals surface area contributed by atoms with Gasteiger partial charge in [-0.2, -0.15) is 0 Å². The number of carbonyl (C=O) groups excluding carboxylic acids is 2. The number of aliphatic carboxylic acids is 1. The molecule has 8 heteroatoms. The van der Waals surface area contributed by atoms with Gasteiger partial charge < -0.3 is 25.2 Å². The lowest BCUT2D eigenvalue weighted by atomic mass is 9.98. The molecule has 0 aliphatic heterocycles. The highest BCUT2D eigenvalue weighted by Gasteiger charge is 2.31. The van der Waals surface area contributed by atoms with Gasteiger partial charge in [0.2, 0.25) is 5.91 Å². The molecule has 0 spiro atoms. The number of carboxylic acid groups (broad SMARTS) is 1. The van der Waals surface area contributed by atoms with Gasteiger partial charge in [0, 0.05) is 19.1 Å². The van der Waals surface area contributed by atoms with Crippen molar-refractivity contribution in [2.75, 3.05) is 13.7 Å². The average molecular weight is 440 g/mol. The van der Waals surface area contributed by atoms with Gasteiger partial charge in [-0.15, -0.1) is 0 Å². The molecule has 3 atom stereocenters. The Balaban J connectivity index is 1.66. The topological polar surface area (TPSA) is 114 Å². The summed E-state index contributed by atoms with van der Waals surface area (Å²) in [5, 5.41) is 14.0. The SMILES string of the molecule is CO[C@H](C)[C@H](NC(=O)OCC1c2ccccc2-c2ccccc21)C(=O)NC(C)CC(=O)O. The van der Waals surface area contributed by atoms with E-state index in [1.54, 1.807) is 13.8 Å². The van der Waals surface area contributed by atoms with Gasteiger partial charge in [0.25, 0.3) is 0 Å². The summed E-state index contributed by atoms with van der Waals surface area (Å²) in [5.41, 5.74) is 4.41. The molecule has 0 bridgehead atoms. The third kappa shape index (κ3) is 5.26. The number of hydrogen-bond acceptors (Lipinski definition) is 5. The zero-order chi connectivity index (χ0) is 23.3. The summed E-state index contributed by atoms with van der Waals surface area (Å²) in [7, 11) is 1.42. The second kappa shape index (κ2) is 10.3. The van der Waals surface area contributed by atoms with Crippen molar-refractivity contribution >= 4 is 18.0 Å².